The third-order valence-corrected chi connectivity index (χ3v) is 3.57. The van der Waals surface area contributed by atoms with Crippen molar-refractivity contribution in [2.24, 2.45) is 4.99 Å². The van der Waals surface area contributed by atoms with E-state index in [1.165, 1.54) is 0 Å². The van der Waals surface area contributed by atoms with Crippen LogP contribution in [0.1, 0.15) is 38.7 Å². The zero-order valence-corrected chi connectivity index (χ0v) is 14.7. The monoisotopic (exact) mass is 340 g/mol. The predicted octanol–water partition coefficient (Wildman–Crippen LogP) is 4.67. The maximum absolute atomic E-state index is 11.8. The molecule has 2 aromatic carbocycles. The molecule has 0 aliphatic carbocycles. The van der Waals surface area contributed by atoms with Gasteiger partial charge in [0.2, 0.25) is 5.91 Å². The second-order valence-electron chi connectivity index (χ2n) is 5.59. The van der Waals surface area contributed by atoms with Gasteiger partial charge in [0.25, 0.3) is 0 Å². The third-order valence-electron chi connectivity index (χ3n) is 3.57. The van der Waals surface area contributed by atoms with E-state index >= 15 is 0 Å². The van der Waals surface area contributed by atoms with E-state index in [4.69, 9.17) is 4.74 Å². The molecule has 2 aromatic rings. The molecule has 1 amide bonds. The van der Waals surface area contributed by atoms with Gasteiger partial charge < -0.3 is 15.2 Å². The normalized spacial score (nSPS) is 10.8. The van der Waals surface area contributed by atoms with E-state index in [1.54, 1.807) is 30.5 Å². The Balaban J connectivity index is 2.10. The quantitative estimate of drug-likeness (QED) is 0.686. The molecule has 0 bridgehead atoms. The molecule has 0 aromatic heterocycles. The van der Waals surface area contributed by atoms with Gasteiger partial charge in [0, 0.05) is 23.9 Å². The van der Waals surface area contributed by atoms with Crippen LogP contribution in [0.15, 0.2) is 47.5 Å². The van der Waals surface area contributed by atoms with Gasteiger partial charge in [-0.1, -0.05) is 25.5 Å². The fourth-order valence-corrected chi connectivity index (χ4v) is 2.28. The number of hydrogen-bond acceptors (Lipinski definition) is 4. The standard InChI is InChI=1S/C20H24N2O3/c1-3-5-12-19(23)22-17-10-7-9-16(13-17)21-14-15-8-6-11-18(20(15)24)25-4-2/h6-11,13-14,24H,3-5,12H2,1-2H3,(H,22,23). The van der Waals surface area contributed by atoms with Crippen molar-refractivity contribution in [1.82, 2.24) is 0 Å². The van der Waals surface area contributed by atoms with Crippen LogP contribution in [0, 0.1) is 0 Å². The molecular formula is C20H24N2O3. The number of benzene rings is 2. The highest BCUT2D eigenvalue weighted by Crippen LogP contribution is 2.29. The van der Waals surface area contributed by atoms with Crippen molar-refractivity contribution in [2.45, 2.75) is 33.1 Å². The van der Waals surface area contributed by atoms with Gasteiger partial charge in [0.15, 0.2) is 11.5 Å². The predicted molar refractivity (Wildman–Crippen MR) is 101 cm³/mol. The van der Waals surface area contributed by atoms with Crippen LogP contribution in [0.3, 0.4) is 0 Å². The van der Waals surface area contributed by atoms with Crippen LogP contribution in [-0.4, -0.2) is 23.8 Å². The second kappa shape index (κ2) is 9.47. The lowest BCUT2D eigenvalue weighted by atomic mass is 10.2. The molecule has 25 heavy (non-hydrogen) atoms. The Morgan fingerprint density at radius 1 is 1.24 bits per heavy atom. The molecule has 0 unspecified atom stereocenters. The molecule has 0 spiro atoms. The molecular weight excluding hydrogens is 316 g/mol. The Hall–Kier alpha value is -2.82. The zero-order chi connectivity index (χ0) is 18.1. The Labute approximate surface area is 148 Å². The number of aliphatic imine (C=N–C) groups is 1. The number of phenolic OH excluding ortho intramolecular Hbond substituents is 1. The minimum absolute atomic E-state index is 0.00467. The van der Waals surface area contributed by atoms with Crippen molar-refractivity contribution in [3.63, 3.8) is 0 Å². The van der Waals surface area contributed by atoms with E-state index in [0.29, 0.717) is 35.7 Å². The topological polar surface area (TPSA) is 70.9 Å². The molecule has 0 heterocycles. The van der Waals surface area contributed by atoms with Gasteiger partial charge in [0.05, 0.1) is 12.3 Å². The lowest BCUT2D eigenvalue weighted by Gasteiger charge is -2.07. The number of ether oxygens (including phenoxy) is 1. The Kier molecular flexibility index (Phi) is 7.01. The number of phenols is 1. The van der Waals surface area contributed by atoms with E-state index in [0.717, 1.165) is 12.8 Å². The minimum atomic E-state index is 0.00467. The lowest BCUT2D eigenvalue weighted by Crippen LogP contribution is -2.10. The lowest BCUT2D eigenvalue weighted by molar-refractivity contribution is -0.116. The van der Waals surface area contributed by atoms with E-state index in [-0.39, 0.29) is 11.7 Å². The number of carbonyl (C=O) groups excluding carboxylic acids is 1. The first kappa shape index (κ1) is 18.5. The highest BCUT2D eigenvalue weighted by Gasteiger charge is 2.06. The molecule has 2 N–H and O–H groups in total. The molecule has 0 fully saturated rings. The van der Waals surface area contributed by atoms with Gasteiger partial charge in [0.1, 0.15) is 0 Å². The van der Waals surface area contributed by atoms with Crippen molar-refractivity contribution >= 4 is 23.5 Å². The minimum Gasteiger partial charge on any atom is -0.504 e. The van der Waals surface area contributed by atoms with Gasteiger partial charge in [-0.25, -0.2) is 0 Å². The first-order valence-corrected chi connectivity index (χ1v) is 8.52. The smallest absolute Gasteiger partial charge is 0.224 e. The first-order valence-electron chi connectivity index (χ1n) is 8.52. The van der Waals surface area contributed by atoms with E-state index in [2.05, 4.69) is 17.2 Å². The van der Waals surface area contributed by atoms with Crippen molar-refractivity contribution in [3.8, 4) is 11.5 Å². The summed E-state index contributed by atoms with van der Waals surface area (Å²) in [4.78, 5) is 16.2. The number of unbranched alkanes of at least 4 members (excludes halogenated alkanes) is 1. The summed E-state index contributed by atoms with van der Waals surface area (Å²) >= 11 is 0. The summed E-state index contributed by atoms with van der Waals surface area (Å²) in [6, 6.07) is 12.6. The van der Waals surface area contributed by atoms with Crippen LogP contribution >= 0.6 is 0 Å². The molecule has 0 saturated heterocycles. The third kappa shape index (κ3) is 5.64. The van der Waals surface area contributed by atoms with Gasteiger partial charge >= 0.3 is 0 Å². The number of hydrogen-bond donors (Lipinski definition) is 2. The van der Waals surface area contributed by atoms with E-state index in [1.807, 2.05) is 25.1 Å². The zero-order valence-electron chi connectivity index (χ0n) is 14.7. The van der Waals surface area contributed by atoms with Crippen LogP contribution in [0.2, 0.25) is 0 Å². The van der Waals surface area contributed by atoms with Crippen LogP contribution in [0.25, 0.3) is 0 Å². The number of rotatable bonds is 8. The Morgan fingerprint density at radius 2 is 2.04 bits per heavy atom. The number of nitrogens with zero attached hydrogens (tertiary/aromatic N) is 1. The molecule has 5 heteroatoms. The summed E-state index contributed by atoms with van der Waals surface area (Å²) in [6.45, 7) is 4.40. The highest BCUT2D eigenvalue weighted by molar-refractivity contribution is 5.91. The Morgan fingerprint density at radius 3 is 2.80 bits per heavy atom. The van der Waals surface area contributed by atoms with Crippen LogP contribution < -0.4 is 10.1 Å². The second-order valence-corrected chi connectivity index (χ2v) is 5.59. The molecule has 0 saturated carbocycles. The summed E-state index contributed by atoms with van der Waals surface area (Å²) in [7, 11) is 0. The number of anilines is 1. The van der Waals surface area contributed by atoms with Crippen molar-refractivity contribution < 1.29 is 14.6 Å². The summed E-state index contributed by atoms with van der Waals surface area (Å²) in [5, 5.41) is 13.1. The number of aromatic hydroxyl groups is 1. The average Bonchev–Trinajstić information content (AvgIpc) is 2.61. The van der Waals surface area contributed by atoms with Gasteiger partial charge in [-0.3, -0.25) is 9.79 Å². The Bertz CT molecular complexity index is 741. The summed E-state index contributed by atoms with van der Waals surface area (Å²) in [5.41, 5.74) is 1.97. The van der Waals surface area contributed by atoms with Crippen molar-refractivity contribution in [3.05, 3.63) is 48.0 Å². The maximum atomic E-state index is 11.8. The van der Waals surface area contributed by atoms with Crippen LogP contribution in [0.4, 0.5) is 11.4 Å². The molecule has 2 rings (SSSR count). The van der Waals surface area contributed by atoms with Gasteiger partial charge in [-0.2, -0.15) is 0 Å². The number of carbonyl (C=O) groups is 1. The largest absolute Gasteiger partial charge is 0.504 e. The molecule has 0 radical (unpaired) electrons. The molecule has 5 nitrogen and oxygen atoms in total. The summed E-state index contributed by atoms with van der Waals surface area (Å²) in [5.74, 6) is 0.505. The van der Waals surface area contributed by atoms with E-state index < -0.39 is 0 Å². The fraction of sp³-hybridized carbons (Fsp3) is 0.300. The summed E-state index contributed by atoms with van der Waals surface area (Å²) < 4.78 is 5.37. The number of nitrogens with one attached hydrogen (secondary N) is 1. The van der Waals surface area contributed by atoms with Crippen LogP contribution in [-0.2, 0) is 4.79 Å². The number of para-hydroxylation sites is 1. The van der Waals surface area contributed by atoms with Gasteiger partial charge in [-0.05, 0) is 43.7 Å². The van der Waals surface area contributed by atoms with Crippen LogP contribution in [0.5, 0.6) is 11.5 Å². The average molecular weight is 340 g/mol. The maximum Gasteiger partial charge on any atom is 0.224 e. The summed E-state index contributed by atoms with van der Waals surface area (Å²) in [6.07, 6.45) is 3.96. The molecule has 0 aliphatic heterocycles. The van der Waals surface area contributed by atoms with Gasteiger partial charge in [-0.15, -0.1) is 0 Å². The SMILES string of the molecule is CCCCC(=O)Nc1cccc(N=Cc2cccc(OCC)c2O)c1. The first-order chi connectivity index (χ1) is 12.1. The number of amides is 1. The highest BCUT2D eigenvalue weighted by atomic mass is 16.5. The van der Waals surface area contributed by atoms with Crippen molar-refractivity contribution in [1.29, 1.82) is 0 Å². The molecule has 0 atom stereocenters. The molecule has 132 valence electrons. The molecule has 0 aliphatic rings. The van der Waals surface area contributed by atoms with E-state index in [9.17, 15) is 9.90 Å². The van der Waals surface area contributed by atoms with Crippen molar-refractivity contribution in [2.75, 3.05) is 11.9 Å². The fourth-order valence-electron chi connectivity index (χ4n) is 2.28.